The summed E-state index contributed by atoms with van der Waals surface area (Å²) in [6.45, 7) is 0. The van der Waals surface area contributed by atoms with Gasteiger partial charge in [-0.1, -0.05) is 42.5 Å². The second-order valence-corrected chi connectivity index (χ2v) is 6.26. The van der Waals surface area contributed by atoms with Crippen molar-refractivity contribution in [3.63, 3.8) is 0 Å². The number of ether oxygens (including phenoxy) is 1. The van der Waals surface area contributed by atoms with Crippen molar-refractivity contribution in [3.8, 4) is 5.88 Å². The van der Waals surface area contributed by atoms with Crippen molar-refractivity contribution in [1.29, 1.82) is 0 Å². The number of rotatable bonds is 6. The van der Waals surface area contributed by atoms with E-state index < -0.39 is 22.2 Å². The van der Waals surface area contributed by atoms with E-state index in [1.165, 1.54) is 36.8 Å². The van der Waals surface area contributed by atoms with Crippen LogP contribution >= 0.6 is 0 Å². The molecule has 0 aliphatic carbocycles. The molecule has 5 nitrogen and oxygen atoms in total. The van der Waals surface area contributed by atoms with Crippen molar-refractivity contribution in [2.45, 2.75) is 11.1 Å². The van der Waals surface area contributed by atoms with Crippen molar-refractivity contribution < 1.29 is 36.7 Å². The number of aromatic nitrogens is 2. The third kappa shape index (κ3) is 4.19. The Bertz CT molecular complexity index is 843. The predicted octanol–water partition coefficient (Wildman–Crippen LogP) is 0.302. The zero-order valence-corrected chi connectivity index (χ0v) is 14.8. The molecule has 0 saturated carbocycles. The molecule has 3 aromatic rings. The smallest absolute Gasteiger partial charge is 0.770 e. The van der Waals surface area contributed by atoms with Gasteiger partial charge in [0.15, 0.2) is 6.10 Å². The first kappa shape index (κ1) is 20.3. The van der Waals surface area contributed by atoms with Crippen molar-refractivity contribution in [1.82, 2.24) is 9.97 Å². The number of benzene rings is 1. The summed E-state index contributed by atoms with van der Waals surface area (Å²) in [7, 11) is 0. The van der Waals surface area contributed by atoms with Crippen LogP contribution in [0, 0.1) is 0 Å². The molecule has 8 heteroatoms. The van der Waals surface area contributed by atoms with Crippen molar-refractivity contribution in [2.75, 3.05) is 0 Å². The van der Waals surface area contributed by atoms with Gasteiger partial charge in [0.05, 0.1) is 0 Å². The Morgan fingerprint density at radius 1 is 1.04 bits per heavy atom. The van der Waals surface area contributed by atoms with E-state index in [4.69, 9.17) is 4.74 Å². The van der Waals surface area contributed by atoms with E-state index in [-0.39, 0.29) is 35.9 Å². The molecule has 0 saturated heterocycles. The van der Waals surface area contributed by atoms with E-state index in [2.05, 4.69) is 9.97 Å². The first-order valence-corrected chi connectivity index (χ1v) is 8.51. The van der Waals surface area contributed by atoms with Crippen LogP contribution in [0.1, 0.15) is 17.2 Å². The summed E-state index contributed by atoms with van der Waals surface area (Å²) in [5.41, 5.74) is 0.247. The molecular formula is C18H14FLiN2O3S. The number of nitrogens with zero attached hydrogens (tertiary/aromatic N) is 2. The zero-order valence-electron chi connectivity index (χ0n) is 14.0. The van der Waals surface area contributed by atoms with E-state index in [0.29, 0.717) is 0 Å². The maximum Gasteiger partial charge on any atom is 1.00 e. The van der Waals surface area contributed by atoms with Crippen LogP contribution in [0.15, 0.2) is 79.3 Å². The third-order valence-corrected chi connectivity index (χ3v) is 4.55. The molecule has 2 heterocycles. The van der Waals surface area contributed by atoms with E-state index in [1.54, 1.807) is 42.5 Å². The molecule has 1 unspecified atom stereocenters. The summed E-state index contributed by atoms with van der Waals surface area (Å²) >= 11 is -3.12. The quantitative estimate of drug-likeness (QED) is 0.465. The van der Waals surface area contributed by atoms with E-state index in [1.807, 2.05) is 0 Å². The van der Waals surface area contributed by atoms with Gasteiger partial charge in [0.1, 0.15) is 0 Å². The summed E-state index contributed by atoms with van der Waals surface area (Å²) < 4.78 is 45.4. The van der Waals surface area contributed by atoms with Crippen LogP contribution in [-0.2, 0) is 16.1 Å². The van der Waals surface area contributed by atoms with Crippen LogP contribution in [0.25, 0.3) is 0 Å². The van der Waals surface area contributed by atoms with Gasteiger partial charge in [-0.05, 0) is 23.2 Å². The fourth-order valence-corrected chi connectivity index (χ4v) is 3.11. The number of pyridine rings is 2. The van der Waals surface area contributed by atoms with Crippen molar-refractivity contribution in [3.05, 3.63) is 90.4 Å². The van der Waals surface area contributed by atoms with E-state index in [9.17, 15) is 8.76 Å². The molecule has 0 N–H and O–H groups in total. The molecule has 0 amide bonds. The Hall–Kier alpha value is -2.04. The predicted molar refractivity (Wildman–Crippen MR) is 90.0 cm³/mol. The fraction of sp³-hybridized carbons (Fsp3) is 0.111. The van der Waals surface area contributed by atoms with Gasteiger partial charge in [-0.15, -0.1) is 0 Å². The molecule has 26 heavy (non-hydrogen) atoms. The van der Waals surface area contributed by atoms with Crippen LogP contribution < -0.4 is 23.6 Å². The fourth-order valence-electron chi connectivity index (χ4n) is 2.43. The van der Waals surface area contributed by atoms with Crippen molar-refractivity contribution in [2.24, 2.45) is 0 Å². The molecule has 2 aromatic heterocycles. The average Bonchev–Trinajstić information content (AvgIpc) is 2.67. The maximum atomic E-state index is 15.9. The molecular weight excluding hydrogens is 350 g/mol. The Kier molecular flexibility index (Phi) is 7.06. The SMILES string of the molecule is O=S([O-])[C@@](F)(c1ccccc1)[C@@H](Oc1ccccn1)c1cccnc1.[Li+]. The van der Waals surface area contributed by atoms with E-state index in [0.717, 1.165) is 0 Å². The standard InChI is InChI=1S/C18H15FN2O3S.Li/c19-18(25(22)23,15-8-2-1-3-9-15)17(14-7-6-11-20-13-14)24-16-10-4-5-12-21-16;/h1-13,17H,(H,22,23);/q;+1/p-1/t17-,18-;/m0./s1. The molecule has 0 fully saturated rings. The minimum absolute atomic E-state index is 0. The van der Waals surface area contributed by atoms with Crippen LogP contribution in [0.5, 0.6) is 5.88 Å². The Morgan fingerprint density at radius 3 is 2.35 bits per heavy atom. The largest absolute Gasteiger partial charge is 1.00 e. The van der Waals surface area contributed by atoms with Crippen LogP contribution in [0.4, 0.5) is 4.39 Å². The first-order chi connectivity index (χ1) is 12.1. The van der Waals surface area contributed by atoms with Gasteiger partial charge in [-0.3, -0.25) is 9.19 Å². The molecule has 128 valence electrons. The number of alkyl halides is 1. The van der Waals surface area contributed by atoms with Gasteiger partial charge in [0.25, 0.3) is 0 Å². The van der Waals surface area contributed by atoms with Crippen LogP contribution in [-0.4, -0.2) is 18.7 Å². The number of hydrogen-bond donors (Lipinski definition) is 0. The van der Waals surface area contributed by atoms with Gasteiger partial charge in [0.2, 0.25) is 10.9 Å². The van der Waals surface area contributed by atoms with Gasteiger partial charge in [-0.2, -0.15) is 0 Å². The molecule has 0 bridgehead atoms. The molecule has 0 spiro atoms. The molecule has 0 aliphatic heterocycles. The molecule has 0 radical (unpaired) electrons. The Morgan fingerprint density at radius 2 is 1.77 bits per heavy atom. The second kappa shape index (κ2) is 9.06. The zero-order chi connectivity index (χ0) is 17.7. The first-order valence-electron chi connectivity index (χ1n) is 7.44. The molecule has 1 aromatic carbocycles. The van der Waals surface area contributed by atoms with Crippen molar-refractivity contribution >= 4 is 11.1 Å². The molecule has 3 atom stereocenters. The van der Waals surface area contributed by atoms with Gasteiger partial charge < -0.3 is 9.29 Å². The average molecular weight is 364 g/mol. The monoisotopic (exact) mass is 364 g/mol. The molecule has 3 rings (SSSR count). The minimum atomic E-state index is -3.12. The second-order valence-electron chi connectivity index (χ2n) is 5.20. The number of hydrogen-bond acceptors (Lipinski definition) is 5. The Balaban J connectivity index is 0.00000243. The van der Waals surface area contributed by atoms with Gasteiger partial charge in [0, 0.05) is 35.8 Å². The topological polar surface area (TPSA) is 75.1 Å². The molecule has 0 aliphatic rings. The van der Waals surface area contributed by atoms with Gasteiger partial charge >= 0.3 is 18.9 Å². The minimum Gasteiger partial charge on any atom is -0.770 e. The van der Waals surface area contributed by atoms with Crippen LogP contribution in [0.3, 0.4) is 0 Å². The Labute approximate surface area is 165 Å². The third-order valence-electron chi connectivity index (χ3n) is 3.61. The summed E-state index contributed by atoms with van der Waals surface area (Å²) in [5.74, 6) is 0.111. The normalized spacial score (nSPS) is 15.2. The van der Waals surface area contributed by atoms with Crippen LogP contribution in [0.2, 0.25) is 0 Å². The van der Waals surface area contributed by atoms with Gasteiger partial charge in [-0.25, -0.2) is 9.37 Å². The summed E-state index contributed by atoms with van der Waals surface area (Å²) in [4.78, 5) is 7.95. The summed E-state index contributed by atoms with van der Waals surface area (Å²) in [5, 5.41) is -2.82. The maximum absolute atomic E-state index is 15.9. The number of halogens is 1. The summed E-state index contributed by atoms with van der Waals surface area (Å²) in [6, 6.07) is 15.6. The van der Waals surface area contributed by atoms with E-state index >= 15 is 4.39 Å². The summed E-state index contributed by atoms with van der Waals surface area (Å²) in [6.07, 6.45) is 2.89.